The number of carbonyl (C=O) groups excluding carboxylic acids is 1. The SMILES string of the molecule is Cc1ccc(N2C(=O)C(=Cc3c4ccccc4cc4ccccc34)SC2=S)cc1. The zero-order valence-electron chi connectivity index (χ0n) is 15.8. The van der Waals surface area contributed by atoms with E-state index < -0.39 is 0 Å². The topological polar surface area (TPSA) is 20.3 Å². The molecule has 0 aliphatic carbocycles. The zero-order chi connectivity index (χ0) is 20.0. The predicted molar refractivity (Wildman–Crippen MR) is 128 cm³/mol. The molecule has 1 aliphatic rings. The molecule has 0 unspecified atom stereocenters. The fourth-order valence-electron chi connectivity index (χ4n) is 3.72. The molecule has 0 atom stereocenters. The van der Waals surface area contributed by atoms with Gasteiger partial charge in [-0.2, -0.15) is 0 Å². The summed E-state index contributed by atoms with van der Waals surface area (Å²) in [6, 6.07) is 26.6. The molecule has 1 aliphatic heterocycles. The van der Waals surface area contributed by atoms with Crippen LogP contribution in [-0.2, 0) is 4.79 Å². The van der Waals surface area contributed by atoms with Crippen molar-refractivity contribution in [2.24, 2.45) is 0 Å². The monoisotopic (exact) mass is 411 g/mol. The molecule has 0 bridgehead atoms. The van der Waals surface area contributed by atoms with Gasteiger partial charge < -0.3 is 0 Å². The van der Waals surface area contributed by atoms with Gasteiger partial charge in [0.05, 0.1) is 10.6 Å². The Kier molecular flexibility index (Phi) is 4.46. The van der Waals surface area contributed by atoms with Crippen molar-refractivity contribution in [3.63, 3.8) is 0 Å². The minimum absolute atomic E-state index is 0.0686. The van der Waals surface area contributed by atoms with Gasteiger partial charge in [0.2, 0.25) is 0 Å². The molecule has 0 spiro atoms. The van der Waals surface area contributed by atoms with Gasteiger partial charge in [0.25, 0.3) is 5.91 Å². The Labute approximate surface area is 178 Å². The van der Waals surface area contributed by atoms with Crippen molar-refractivity contribution in [3.05, 3.63) is 94.9 Å². The normalized spacial score (nSPS) is 15.8. The summed E-state index contributed by atoms with van der Waals surface area (Å²) in [6.07, 6.45) is 2.00. The number of rotatable bonds is 2. The Balaban J connectivity index is 1.67. The number of nitrogens with zero attached hydrogens (tertiary/aromatic N) is 1. The second kappa shape index (κ2) is 7.14. The second-order valence-electron chi connectivity index (χ2n) is 7.09. The molecule has 1 amide bonds. The van der Waals surface area contributed by atoms with Crippen molar-refractivity contribution < 1.29 is 4.79 Å². The average molecular weight is 412 g/mol. The van der Waals surface area contributed by atoms with Crippen molar-refractivity contribution in [2.45, 2.75) is 6.92 Å². The first-order valence-corrected chi connectivity index (χ1v) is 10.6. The van der Waals surface area contributed by atoms with E-state index in [9.17, 15) is 4.79 Å². The quantitative estimate of drug-likeness (QED) is 0.208. The summed E-state index contributed by atoms with van der Waals surface area (Å²) in [5, 5.41) is 4.58. The van der Waals surface area contributed by atoms with Crippen LogP contribution in [0.2, 0.25) is 0 Å². The van der Waals surface area contributed by atoms with E-state index in [1.54, 1.807) is 4.90 Å². The fourth-order valence-corrected chi connectivity index (χ4v) is 5.00. The van der Waals surface area contributed by atoms with E-state index in [4.69, 9.17) is 12.2 Å². The summed E-state index contributed by atoms with van der Waals surface area (Å²) in [5.74, 6) is -0.0686. The number of fused-ring (bicyclic) bond motifs is 2. The number of amides is 1. The number of thiocarbonyl (C=S) groups is 1. The Morgan fingerprint density at radius 2 is 1.45 bits per heavy atom. The fraction of sp³-hybridized carbons (Fsp3) is 0.0400. The van der Waals surface area contributed by atoms with Gasteiger partial charge in [0.15, 0.2) is 4.32 Å². The highest BCUT2D eigenvalue weighted by atomic mass is 32.2. The molecule has 0 aromatic heterocycles. The van der Waals surface area contributed by atoms with Crippen LogP contribution in [0, 0.1) is 6.92 Å². The standard InChI is InChI=1S/C25H17NOS2/c1-16-10-12-19(13-11-16)26-24(27)23(29-25(26)28)15-22-20-8-4-2-6-17(20)14-18-7-3-5-9-21(18)22/h2-15H,1H3. The van der Waals surface area contributed by atoms with E-state index in [-0.39, 0.29) is 5.91 Å². The van der Waals surface area contributed by atoms with E-state index in [1.807, 2.05) is 61.5 Å². The summed E-state index contributed by atoms with van der Waals surface area (Å²) in [6.45, 7) is 2.03. The molecule has 29 heavy (non-hydrogen) atoms. The van der Waals surface area contributed by atoms with E-state index in [0.29, 0.717) is 9.23 Å². The lowest BCUT2D eigenvalue weighted by Crippen LogP contribution is -2.27. The van der Waals surface area contributed by atoms with Crippen molar-refractivity contribution >= 4 is 67.5 Å². The Bertz CT molecular complexity index is 1270. The van der Waals surface area contributed by atoms with E-state index in [2.05, 4.69) is 30.3 Å². The highest BCUT2D eigenvalue weighted by Crippen LogP contribution is 2.38. The van der Waals surface area contributed by atoms with Crippen LogP contribution in [0.15, 0.2) is 83.8 Å². The first-order chi connectivity index (χ1) is 14.1. The lowest BCUT2D eigenvalue weighted by atomic mass is 9.96. The maximum atomic E-state index is 13.2. The number of hydrogen-bond acceptors (Lipinski definition) is 3. The van der Waals surface area contributed by atoms with Gasteiger partial charge in [-0.05, 0) is 58.3 Å². The molecule has 0 saturated carbocycles. The molecule has 1 heterocycles. The summed E-state index contributed by atoms with van der Waals surface area (Å²) in [7, 11) is 0. The summed E-state index contributed by atoms with van der Waals surface area (Å²) in [5.41, 5.74) is 3.02. The van der Waals surface area contributed by atoms with Crippen LogP contribution in [0.1, 0.15) is 11.1 Å². The molecule has 1 saturated heterocycles. The number of hydrogen-bond donors (Lipinski definition) is 0. The molecular weight excluding hydrogens is 394 g/mol. The Morgan fingerprint density at radius 3 is 2.07 bits per heavy atom. The van der Waals surface area contributed by atoms with Gasteiger partial charge in [-0.3, -0.25) is 9.69 Å². The number of anilines is 1. The largest absolute Gasteiger partial charge is 0.270 e. The lowest BCUT2D eigenvalue weighted by molar-refractivity contribution is -0.113. The molecule has 0 N–H and O–H groups in total. The zero-order valence-corrected chi connectivity index (χ0v) is 17.4. The number of carbonyl (C=O) groups is 1. The van der Waals surface area contributed by atoms with Gasteiger partial charge in [-0.15, -0.1) is 0 Å². The first kappa shape index (κ1) is 18.1. The van der Waals surface area contributed by atoms with Gasteiger partial charge >= 0.3 is 0 Å². The number of aryl methyl sites for hydroxylation is 1. The minimum atomic E-state index is -0.0686. The van der Waals surface area contributed by atoms with Gasteiger partial charge in [0, 0.05) is 0 Å². The Hall–Kier alpha value is -2.95. The smallest absolute Gasteiger partial charge is 0.268 e. The highest BCUT2D eigenvalue weighted by Gasteiger charge is 2.33. The van der Waals surface area contributed by atoms with E-state index >= 15 is 0 Å². The van der Waals surface area contributed by atoms with Gasteiger partial charge in [-0.1, -0.05) is 90.2 Å². The molecule has 5 rings (SSSR count). The molecule has 2 nitrogen and oxygen atoms in total. The molecule has 4 aromatic carbocycles. The average Bonchev–Trinajstić information content (AvgIpc) is 3.01. The third-order valence-electron chi connectivity index (χ3n) is 5.17. The van der Waals surface area contributed by atoms with Crippen molar-refractivity contribution in [3.8, 4) is 0 Å². The Morgan fingerprint density at radius 1 is 0.862 bits per heavy atom. The maximum Gasteiger partial charge on any atom is 0.270 e. The lowest BCUT2D eigenvalue weighted by Gasteiger charge is -2.14. The maximum absolute atomic E-state index is 13.2. The van der Waals surface area contributed by atoms with Crippen molar-refractivity contribution in [1.82, 2.24) is 0 Å². The van der Waals surface area contributed by atoms with Crippen LogP contribution in [0.3, 0.4) is 0 Å². The summed E-state index contributed by atoms with van der Waals surface area (Å²) >= 11 is 6.91. The third kappa shape index (κ3) is 3.15. The van der Waals surface area contributed by atoms with Crippen LogP contribution in [-0.4, -0.2) is 10.2 Å². The molecular formula is C25H17NOS2. The minimum Gasteiger partial charge on any atom is -0.268 e. The van der Waals surface area contributed by atoms with Crippen LogP contribution in [0.25, 0.3) is 27.6 Å². The first-order valence-electron chi connectivity index (χ1n) is 9.37. The van der Waals surface area contributed by atoms with Crippen LogP contribution >= 0.6 is 24.0 Å². The van der Waals surface area contributed by atoms with E-state index in [1.165, 1.54) is 11.8 Å². The molecule has 1 fully saturated rings. The van der Waals surface area contributed by atoms with Crippen LogP contribution < -0.4 is 4.90 Å². The molecule has 0 radical (unpaired) electrons. The third-order valence-corrected chi connectivity index (χ3v) is 6.48. The molecule has 4 heteroatoms. The van der Waals surface area contributed by atoms with E-state index in [0.717, 1.165) is 38.4 Å². The summed E-state index contributed by atoms with van der Waals surface area (Å²) in [4.78, 5) is 15.5. The predicted octanol–water partition coefficient (Wildman–Crippen LogP) is 6.71. The number of thioether (sulfide) groups is 1. The van der Waals surface area contributed by atoms with Crippen LogP contribution in [0.5, 0.6) is 0 Å². The molecule has 140 valence electrons. The van der Waals surface area contributed by atoms with Gasteiger partial charge in [-0.25, -0.2) is 0 Å². The number of benzene rings is 4. The van der Waals surface area contributed by atoms with Crippen LogP contribution in [0.4, 0.5) is 5.69 Å². The van der Waals surface area contributed by atoms with Crippen molar-refractivity contribution in [1.29, 1.82) is 0 Å². The van der Waals surface area contributed by atoms with Crippen molar-refractivity contribution in [2.75, 3.05) is 4.90 Å². The second-order valence-corrected chi connectivity index (χ2v) is 8.76. The highest BCUT2D eigenvalue weighted by molar-refractivity contribution is 8.27. The molecule has 4 aromatic rings. The summed E-state index contributed by atoms with van der Waals surface area (Å²) < 4.78 is 0.564. The van der Waals surface area contributed by atoms with Gasteiger partial charge in [0.1, 0.15) is 0 Å².